The fourth-order valence-electron chi connectivity index (χ4n) is 1.77. The first-order chi connectivity index (χ1) is 9.89. The van der Waals surface area contributed by atoms with E-state index in [1.54, 1.807) is 18.2 Å². The molecule has 7 heteroatoms. The van der Waals surface area contributed by atoms with Gasteiger partial charge in [-0.15, -0.1) is 0 Å². The lowest BCUT2D eigenvalue weighted by Gasteiger charge is -2.09. The summed E-state index contributed by atoms with van der Waals surface area (Å²) >= 11 is 0. The lowest BCUT2D eigenvalue weighted by Crippen LogP contribution is -2.15. The van der Waals surface area contributed by atoms with Crippen molar-refractivity contribution < 1.29 is 12.8 Å². The number of rotatable bonds is 4. The summed E-state index contributed by atoms with van der Waals surface area (Å²) < 4.78 is 39.4. The van der Waals surface area contributed by atoms with Gasteiger partial charge in [0.2, 0.25) is 10.0 Å². The van der Waals surface area contributed by atoms with Gasteiger partial charge in [0.05, 0.1) is 28.8 Å². The highest BCUT2D eigenvalue weighted by Crippen LogP contribution is 2.18. The summed E-state index contributed by atoms with van der Waals surface area (Å²) in [7, 11) is -3.68. The topological polar surface area (TPSA) is 96.0 Å². The predicted molar refractivity (Wildman–Crippen MR) is 78.2 cm³/mol. The SMILES string of the molecule is N#Cc1cccc(CS(=O)(=O)Nc2ccc(F)c(N)c2)c1. The molecule has 2 rings (SSSR count). The fraction of sp³-hybridized carbons (Fsp3) is 0.0714. The molecule has 2 aromatic carbocycles. The van der Waals surface area contributed by atoms with Crippen LogP contribution < -0.4 is 10.5 Å². The van der Waals surface area contributed by atoms with E-state index in [4.69, 9.17) is 11.0 Å². The maximum Gasteiger partial charge on any atom is 0.236 e. The Hall–Kier alpha value is -2.59. The lowest BCUT2D eigenvalue weighted by atomic mass is 10.2. The van der Waals surface area contributed by atoms with E-state index in [0.717, 1.165) is 6.07 Å². The molecular formula is C14H12FN3O2S. The van der Waals surface area contributed by atoms with Crippen LogP contribution in [0.1, 0.15) is 11.1 Å². The van der Waals surface area contributed by atoms with Crippen LogP contribution in [0.2, 0.25) is 0 Å². The highest BCUT2D eigenvalue weighted by Gasteiger charge is 2.13. The third kappa shape index (κ3) is 3.94. The first-order valence-corrected chi connectivity index (χ1v) is 7.59. The summed E-state index contributed by atoms with van der Waals surface area (Å²) in [6.07, 6.45) is 0. The summed E-state index contributed by atoms with van der Waals surface area (Å²) in [5, 5.41) is 8.79. The average Bonchev–Trinajstić information content (AvgIpc) is 2.42. The molecule has 0 atom stereocenters. The zero-order valence-electron chi connectivity index (χ0n) is 10.9. The summed E-state index contributed by atoms with van der Waals surface area (Å²) in [6, 6.07) is 11.8. The van der Waals surface area contributed by atoms with Crippen molar-refractivity contribution in [2.24, 2.45) is 0 Å². The Morgan fingerprint density at radius 2 is 2.00 bits per heavy atom. The zero-order chi connectivity index (χ0) is 15.5. The van der Waals surface area contributed by atoms with E-state index in [-0.39, 0.29) is 17.1 Å². The second kappa shape index (κ2) is 5.81. The number of sulfonamides is 1. The number of nitrogens with zero attached hydrogens (tertiary/aromatic N) is 1. The van der Waals surface area contributed by atoms with Crippen molar-refractivity contribution in [3.05, 3.63) is 59.4 Å². The number of benzene rings is 2. The van der Waals surface area contributed by atoms with Crippen LogP contribution in [0.25, 0.3) is 0 Å². The number of nitrogen functional groups attached to an aromatic ring is 1. The Morgan fingerprint density at radius 1 is 1.24 bits per heavy atom. The van der Waals surface area contributed by atoms with Crippen LogP contribution in [0.15, 0.2) is 42.5 Å². The van der Waals surface area contributed by atoms with Crippen molar-refractivity contribution >= 4 is 21.4 Å². The molecule has 0 saturated carbocycles. The second-order valence-electron chi connectivity index (χ2n) is 4.41. The minimum absolute atomic E-state index is 0.137. The molecule has 0 spiro atoms. The summed E-state index contributed by atoms with van der Waals surface area (Å²) in [5.41, 5.74) is 6.30. The highest BCUT2D eigenvalue weighted by atomic mass is 32.2. The summed E-state index contributed by atoms with van der Waals surface area (Å²) in [5.74, 6) is -0.903. The largest absolute Gasteiger partial charge is 0.396 e. The average molecular weight is 305 g/mol. The van der Waals surface area contributed by atoms with Crippen LogP contribution >= 0.6 is 0 Å². The minimum atomic E-state index is -3.68. The summed E-state index contributed by atoms with van der Waals surface area (Å²) in [4.78, 5) is 0. The van der Waals surface area contributed by atoms with Gasteiger partial charge >= 0.3 is 0 Å². The van der Waals surface area contributed by atoms with Gasteiger partial charge in [-0.1, -0.05) is 12.1 Å². The number of nitrogens with two attached hydrogens (primary N) is 1. The Kier molecular flexibility index (Phi) is 4.10. The third-order valence-electron chi connectivity index (χ3n) is 2.68. The molecule has 21 heavy (non-hydrogen) atoms. The van der Waals surface area contributed by atoms with Crippen molar-refractivity contribution in [3.8, 4) is 6.07 Å². The molecule has 0 heterocycles. The molecule has 0 aliphatic rings. The lowest BCUT2D eigenvalue weighted by molar-refractivity contribution is 0.600. The molecule has 0 amide bonds. The molecule has 0 aliphatic carbocycles. The number of anilines is 2. The third-order valence-corrected chi connectivity index (χ3v) is 3.94. The fourth-order valence-corrected chi connectivity index (χ4v) is 2.95. The van der Waals surface area contributed by atoms with Gasteiger partial charge in [-0.3, -0.25) is 4.72 Å². The van der Waals surface area contributed by atoms with E-state index >= 15 is 0 Å². The smallest absolute Gasteiger partial charge is 0.236 e. The first kappa shape index (κ1) is 14.8. The van der Waals surface area contributed by atoms with E-state index in [1.165, 1.54) is 18.2 Å². The Balaban J connectivity index is 2.18. The van der Waals surface area contributed by atoms with E-state index in [9.17, 15) is 12.8 Å². The van der Waals surface area contributed by atoms with Gasteiger partial charge in [0.1, 0.15) is 5.82 Å². The monoisotopic (exact) mass is 305 g/mol. The maximum absolute atomic E-state index is 13.0. The van der Waals surface area contributed by atoms with E-state index < -0.39 is 15.8 Å². The zero-order valence-corrected chi connectivity index (χ0v) is 11.7. The summed E-state index contributed by atoms with van der Waals surface area (Å²) in [6.45, 7) is 0. The molecular weight excluding hydrogens is 293 g/mol. The van der Waals surface area contributed by atoms with E-state index in [2.05, 4.69) is 4.72 Å². The normalized spacial score (nSPS) is 10.9. The van der Waals surface area contributed by atoms with Crippen molar-refractivity contribution in [3.63, 3.8) is 0 Å². The van der Waals surface area contributed by atoms with Gasteiger partial charge < -0.3 is 5.73 Å². The van der Waals surface area contributed by atoms with Gasteiger partial charge in [0.15, 0.2) is 0 Å². The Bertz CT molecular complexity index is 813. The van der Waals surface area contributed by atoms with Crippen molar-refractivity contribution in [2.75, 3.05) is 10.5 Å². The van der Waals surface area contributed by atoms with Crippen LogP contribution in [-0.4, -0.2) is 8.42 Å². The van der Waals surface area contributed by atoms with Gasteiger partial charge in [0.25, 0.3) is 0 Å². The second-order valence-corrected chi connectivity index (χ2v) is 6.13. The number of nitrogens with one attached hydrogen (secondary N) is 1. The van der Waals surface area contributed by atoms with Crippen LogP contribution in [0.4, 0.5) is 15.8 Å². The van der Waals surface area contributed by atoms with Gasteiger partial charge in [0, 0.05) is 0 Å². The van der Waals surface area contributed by atoms with E-state index in [0.29, 0.717) is 11.1 Å². The highest BCUT2D eigenvalue weighted by molar-refractivity contribution is 7.91. The molecule has 0 aliphatic heterocycles. The quantitative estimate of drug-likeness (QED) is 0.846. The molecule has 0 aromatic heterocycles. The van der Waals surface area contributed by atoms with Crippen molar-refractivity contribution in [2.45, 2.75) is 5.75 Å². The maximum atomic E-state index is 13.0. The van der Waals surface area contributed by atoms with Gasteiger partial charge in [-0.2, -0.15) is 5.26 Å². The van der Waals surface area contributed by atoms with Crippen LogP contribution in [-0.2, 0) is 15.8 Å². The van der Waals surface area contributed by atoms with Crippen molar-refractivity contribution in [1.82, 2.24) is 0 Å². The van der Waals surface area contributed by atoms with Gasteiger partial charge in [-0.05, 0) is 35.9 Å². The molecule has 0 bridgehead atoms. The van der Waals surface area contributed by atoms with Gasteiger partial charge in [-0.25, -0.2) is 12.8 Å². The molecule has 3 N–H and O–H groups in total. The Labute approximate surface area is 121 Å². The van der Waals surface area contributed by atoms with Crippen molar-refractivity contribution in [1.29, 1.82) is 5.26 Å². The molecule has 2 aromatic rings. The molecule has 5 nitrogen and oxygen atoms in total. The number of hydrogen-bond donors (Lipinski definition) is 2. The standard InChI is InChI=1S/C14H12FN3O2S/c15-13-5-4-12(7-14(13)17)18-21(19,20)9-11-3-1-2-10(6-11)8-16/h1-7,18H,9,17H2. The minimum Gasteiger partial charge on any atom is -0.396 e. The van der Waals surface area contributed by atoms with Crippen LogP contribution in [0, 0.1) is 17.1 Å². The molecule has 108 valence electrons. The number of halogens is 1. The number of hydrogen-bond acceptors (Lipinski definition) is 4. The molecule has 0 saturated heterocycles. The number of nitriles is 1. The predicted octanol–water partition coefficient (Wildman–Crippen LogP) is 2.22. The van der Waals surface area contributed by atoms with Crippen LogP contribution in [0.5, 0.6) is 0 Å². The van der Waals surface area contributed by atoms with Crippen LogP contribution in [0.3, 0.4) is 0 Å². The molecule has 0 radical (unpaired) electrons. The first-order valence-electron chi connectivity index (χ1n) is 5.94. The molecule has 0 fully saturated rings. The Morgan fingerprint density at radius 3 is 2.67 bits per heavy atom. The van der Waals surface area contributed by atoms with E-state index in [1.807, 2.05) is 6.07 Å². The molecule has 0 unspecified atom stereocenters.